The van der Waals surface area contributed by atoms with Crippen molar-refractivity contribution in [3.63, 3.8) is 0 Å². The number of rotatable bonds is 10. The highest BCUT2D eigenvalue weighted by Crippen LogP contribution is 2.37. The number of aromatic nitrogens is 6. The monoisotopic (exact) mass is 788 g/mol. The van der Waals surface area contributed by atoms with E-state index < -0.39 is 0 Å². The Kier molecular flexibility index (Phi) is 11.5. The summed E-state index contributed by atoms with van der Waals surface area (Å²) in [5, 5.41) is 0.239. The lowest BCUT2D eigenvalue weighted by atomic mass is 9.91. The predicted octanol–water partition coefficient (Wildman–Crippen LogP) is 8.68. The Morgan fingerprint density at radius 2 is 1.13 bits per heavy atom. The highest BCUT2D eigenvalue weighted by Gasteiger charge is 2.23. The SMILES string of the molecule is COc1nc2cc(C)c(C)c(-c3cnc(C(c4ccccc4)c4ccccc4)[nH]3)c2nc1OC.COc1nc2cc(C)c(C)c(C(=O)CBr)c2nc1OC. The minimum Gasteiger partial charge on any atom is -0.477 e. The number of fused-ring (bicyclic) bond motifs is 2. The number of carbonyl (C=O) groups excluding carboxylic acids is 1. The van der Waals surface area contributed by atoms with Crippen LogP contribution in [0.25, 0.3) is 33.3 Å². The van der Waals surface area contributed by atoms with Crippen LogP contribution in [-0.4, -0.2) is 69.5 Å². The van der Waals surface area contributed by atoms with Crippen molar-refractivity contribution in [3.8, 4) is 34.8 Å². The Morgan fingerprint density at radius 3 is 1.63 bits per heavy atom. The predicted molar refractivity (Wildman–Crippen MR) is 214 cm³/mol. The average Bonchev–Trinajstić information content (AvgIpc) is 3.67. The van der Waals surface area contributed by atoms with Gasteiger partial charge in [0.05, 0.1) is 62.6 Å². The number of imidazole rings is 1. The number of ketones is 1. The molecular weight excluding hydrogens is 748 g/mol. The number of carbonyl (C=O) groups is 1. The first-order valence-corrected chi connectivity index (χ1v) is 18.3. The first kappa shape index (κ1) is 37.9. The van der Waals surface area contributed by atoms with Gasteiger partial charge in [-0.3, -0.25) is 4.79 Å². The van der Waals surface area contributed by atoms with E-state index in [2.05, 4.69) is 98.2 Å². The van der Waals surface area contributed by atoms with Gasteiger partial charge in [-0.25, -0.2) is 24.9 Å². The van der Waals surface area contributed by atoms with Gasteiger partial charge in [-0.05, 0) is 73.2 Å². The van der Waals surface area contributed by atoms with Crippen molar-refractivity contribution in [1.82, 2.24) is 29.9 Å². The molecule has 0 unspecified atom stereocenters. The van der Waals surface area contributed by atoms with Gasteiger partial charge in [-0.2, -0.15) is 0 Å². The molecule has 276 valence electrons. The smallest absolute Gasteiger partial charge is 0.278 e. The average molecular weight is 790 g/mol. The molecule has 12 heteroatoms. The number of halogens is 1. The molecule has 7 rings (SSSR count). The lowest BCUT2D eigenvalue weighted by molar-refractivity contribution is 0.102. The summed E-state index contributed by atoms with van der Waals surface area (Å²) in [6.07, 6.45) is 1.88. The van der Waals surface area contributed by atoms with Gasteiger partial charge in [0.25, 0.3) is 23.5 Å². The van der Waals surface area contributed by atoms with E-state index in [1.165, 1.54) is 25.3 Å². The van der Waals surface area contributed by atoms with Crippen LogP contribution in [0.4, 0.5) is 0 Å². The number of aromatic amines is 1. The molecule has 54 heavy (non-hydrogen) atoms. The molecule has 0 spiro atoms. The van der Waals surface area contributed by atoms with Gasteiger partial charge < -0.3 is 23.9 Å². The molecular formula is C42H41BrN6O5. The third-order valence-electron chi connectivity index (χ3n) is 9.41. The number of H-pyrrole nitrogens is 1. The molecule has 0 saturated heterocycles. The number of ether oxygens (including phenoxy) is 4. The first-order valence-electron chi connectivity index (χ1n) is 17.2. The second-order valence-electron chi connectivity index (χ2n) is 12.6. The highest BCUT2D eigenvalue weighted by molar-refractivity contribution is 9.09. The Balaban J connectivity index is 0.000000212. The molecule has 3 aromatic heterocycles. The topological polar surface area (TPSA) is 134 Å². The zero-order valence-electron chi connectivity index (χ0n) is 31.4. The van der Waals surface area contributed by atoms with Crippen LogP contribution < -0.4 is 18.9 Å². The standard InChI is InChI=1S/C28H26N4O2.C14H15BrN2O3/c1-17-15-21-25(32-28(34-4)27(31-21)33-3)23(18(17)2)22-16-29-26(30-22)24(19-11-7-5-8-12-19)20-13-9-6-10-14-20;1-7-5-9-12(11(8(7)2)10(18)6-15)17-14(20-4)13(16-9)19-3/h5-16,24H,1-4H3,(H,29,30);5H,6H2,1-4H3. The van der Waals surface area contributed by atoms with Crippen molar-refractivity contribution >= 4 is 43.8 Å². The van der Waals surface area contributed by atoms with Gasteiger partial charge in [0.1, 0.15) is 16.9 Å². The largest absolute Gasteiger partial charge is 0.477 e. The van der Waals surface area contributed by atoms with Crippen molar-refractivity contribution in [3.05, 3.63) is 124 Å². The van der Waals surface area contributed by atoms with Crippen LogP contribution in [-0.2, 0) is 0 Å². The van der Waals surface area contributed by atoms with Gasteiger partial charge in [0.2, 0.25) is 0 Å². The number of nitrogens with zero attached hydrogens (tertiary/aromatic N) is 5. The second-order valence-corrected chi connectivity index (χ2v) is 13.2. The minimum absolute atomic E-state index is 0.0201. The summed E-state index contributed by atoms with van der Waals surface area (Å²) in [7, 11) is 6.13. The van der Waals surface area contributed by atoms with Crippen molar-refractivity contribution in [2.75, 3.05) is 33.8 Å². The number of aryl methyl sites for hydroxylation is 2. The molecule has 4 aromatic carbocycles. The Hall–Kier alpha value is -5.88. The molecule has 0 atom stereocenters. The van der Waals surface area contributed by atoms with Crippen molar-refractivity contribution in [2.45, 2.75) is 33.6 Å². The fourth-order valence-corrected chi connectivity index (χ4v) is 6.74. The van der Waals surface area contributed by atoms with E-state index in [4.69, 9.17) is 28.9 Å². The molecule has 0 amide bonds. The molecule has 11 nitrogen and oxygen atoms in total. The molecule has 1 N–H and O–H groups in total. The summed E-state index contributed by atoms with van der Waals surface area (Å²) < 4.78 is 21.1. The van der Waals surface area contributed by atoms with Crippen molar-refractivity contribution in [2.24, 2.45) is 0 Å². The molecule has 0 radical (unpaired) electrons. The third kappa shape index (κ3) is 7.34. The Labute approximate surface area is 322 Å². The zero-order valence-corrected chi connectivity index (χ0v) is 33.0. The quantitative estimate of drug-likeness (QED) is 0.106. The van der Waals surface area contributed by atoms with Gasteiger partial charge in [-0.1, -0.05) is 76.6 Å². The number of nitrogens with one attached hydrogen (secondary N) is 1. The number of hydrogen-bond acceptors (Lipinski definition) is 10. The molecule has 7 aromatic rings. The van der Waals surface area contributed by atoms with Crippen LogP contribution in [0.1, 0.15) is 55.5 Å². The van der Waals surface area contributed by atoms with Gasteiger partial charge >= 0.3 is 0 Å². The minimum atomic E-state index is -0.0299. The maximum Gasteiger partial charge on any atom is 0.278 e. The third-order valence-corrected chi connectivity index (χ3v) is 9.92. The fraction of sp³-hybridized carbons (Fsp3) is 0.238. The number of alkyl halides is 1. The van der Waals surface area contributed by atoms with Crippen LogP contribution in [0.3, 0.4) is 0 Å². The van der Waals surface area contributed by atoms with E-state index in [1.807, 2.05) is 44.3 Å². The van der Waals surface area contributed by atoms with Gasteiger partial charge in [-0.15, -0.1) is 0 Å². The van der Waals surface area contributed by atoms with E-state index >= 15 is 0 Å². The fourth-order valence-electron chi connectivity index (χ4n) is 6.46. The van der Waals surface area contributed by atoms with E-state index in [-0.39, 0.29) is 22.9 Å². The lowest BCUT2D eigenvalue weighted by Crippen LogP contribution is -2.08. The van der Waals surface area contributed by atoms with E-state index in [1.54, 1.807) is 14.2 Å². The van der Waals surface area contributed by atoms with Gasteiger partial charge in [0, 0.05) is 11.1 Å². The van der Waals surface area contributed by atoms with Crippen molar-refractivity contribution < 1.29 is 23.7 Å². The summed E-state index contributed by atoms with van der Waals surface area (Å²) >= 11 is 3.21. The Morgan fingerprint density at radius 1 is 0.667 bits per heavy atom. The molecule has 0 aliphatic heterocycles. The van der Waals surface area contributed by atoms with Crippen LogP contribution in [0.5, 0.6) is 23.5 Å². The maximum absolute atomic E-state index is 12.2. The maximum atomic E-state index is 12.2. The summed E-state index contributed by atoms with van der Waals surface area (Å²) in [6, 6.07) is 24.7. The molecule has 0 fully saturated rings. The van der Waals surface area contributed by atoms with E-state index in [0.717, 1.165) is 50.4 Å². The summed E-state index contributed by atoms with van der Waals surface area (Å²) in [5.74, 6) is 2.11. The number of methoxy groups -OCH3 is 4. The summed E-state index contributed by atoms with van der Waals surface area (Å²) in [5.41, 5.74) is 11.5. The van der Waals surface area contributed by atoms with E-state index in [0.29, 0.717) is 34.2 Å². The molecule has 0 aliphatic rings. The normalized spacial score (nSPS) is 11.0. The summed E-state index contributed by atoms with van der Waals surface area (Å²) in [4.78, 5) is 38.8. The number of Topliss-reactive ketones (excluding diaryl/α,β-unsaturated/α-hetero) is 1. The molecule has 0 saturated carbocycles. The van der Waals surface area contributed by atoms with E-state index in [9.17, 15) is 4.79 Å². The first-order chi connectivity index (χ1) is 26.1. The summed E-state index contributed by atoms with van der Waals surface area (Å²) in [6.45, 7) is 8.01. The lowest BCUT2D eigenvalue weighted by Gasteiger charge is -2.16. The molecule has 0 bridgehead atoms. The van der Waals surface area contributed by atoms with Crippen LogP contribution in [0.2, 0.25) is 0 Å². The number of hydrogen-bond donors (Lipinski definition) is 1. The van der Waals surface area contributed by atoms with Crippen LogP contribution in [0.15, 0.2) is 79.0 Å². The molecule has 0 aliphatic carbocycles. The number of benzene rings is 4. The van der Waals surface area contributed by atoms with Gasteiger partial charge in [0.15, 0.2) is 5.78 Å². The van der Waals surface area contributed by atoms with Crippen LogP contribution >= 0.6 is 15.9 Å². The zero-order chi connectivity index (χ0) is 38.5. The Bertz CT molecular complexity index is 2420. The second kappa shape index (κ2) is 16.4. The van der Waals surface area contributed by atoms with Crippen molar-refractivity contribution in [1.29, 1.82) is 0 Å². The van der Waals surface area contributed by atoms with Crippen LogP contribution in [0, 0.1) is 27.7 Å². The highest BCUT2D eigenvalue weighted by atomic mass is 79.9. The molecule has 3 heterocycles.